The van der Waals surface area contributed by atoms with Crippen LogP contribution in [-0.2, 0) is 10.3 Å². The van der Waals surface area contributed by atoms with Crippen LogP contribution in [0, 0.1) is 35.5 Å². The van der Waals surface area contributed by atoms with Gasteiger partial charge in [0.2, 0.25) is 0 Å². The van der Waals surface area contributed by atoms with Gasteiger partial charge in [-0.1, -0.05) is 46.3 Å². The molecule has 2 heteroatoms. The number of alkyl halides is 1. The van der Waals surface area contributed by atoms with Crippen molar-refractivity contribution < 1.29 is 4.74 Å². The number of ether oxygens (including phenoxy) is 1. The first-order valence-corrected chi connectivity index (χ1v) is 8.95. The Labute approximate surface area is 129 Å². The highest BCUT2D eigenvalue weighted by Crippen LogP contribution is 2.85. The molecule has 0 spiro atoms. The quantitative estimate of drug-likeness (QED) is 0.753. The standard InChI is InChI=1S/C18H21BrO/c1-9(2)20-18(10-6-4-3-5-7-10)16-12-8-11-13(14(11)16)15(12)17(18)19/h3-7,9,11-17H,8H2,1-2H3. The smallest absolute Gasteiger partial charge is 0.110 e. The van der Waals surface area contributed by atoms with Crippen molar-refractivity contribution in [3.63, 3.8) is 0 Å². The van der Waals surface area contributed by atoms with Crippen LogP contribution in [0.2, 0.25) is 0 Å². The van der Waals surface area contributed by atoms with Gasteiger partial charge < -0.3 is 4.74 Å². The predicted molar refractivity (Wildman–Crippen MR) is 82.6 cm³/mol. The molecular formula is C18H21BrO. The second-order valence-corrected chi connectivity index (χ2v) is 8.54. The van der Waals surface area contributed by atoms with Crippen molar-refractivity contribution in [1.82, 2.24) is 0 Å². The fourth-order valence-corrected chi connectivity index (χ4v) is 7.78. The summed E-state index contributed by atoms with van der Waals surface area (Å²) in [5.41, 5.74) is 1.33. The van der Waals surface area contributed by atoms with E-state index in [0.717, 1.165) is 35.5 Å². The van der Waals surface area contributed by atoms with Gasteiger partial charge in [-0.2, -0.15) is 0 Å². The van der Waals surface area contributed by atoms with E-state index < -0.39 is 0 Å². The van der Waals surface area contributed by atoms with Crippen LogP contribution in [0.15, 0.2) is 30.3 Å². The van der Waals surface area contributed by atoms with Crippen LogP contribution in [0.25, 0.3) is 0 Å². The minimum absolute atomic E-state index is 0.0722. The van der Waals surface area contributed by atoms with Gasteiger partial charge >= 0.3 is 0 Å². The Morgan fingerprint density at radius 1 is 1.10 bits per heavy atom. The average molecular weight is 333 g/mol. The third kappa shape index (κ3) is 1.17. The van der Waals surface area contributed by atoms with Gasteiger partial charge in [-0.3, -0.25) is 0 Å². The fraction of sp³-hybridized carbons (Fsp3) is 0.667. The molecule has 0 N–H and O–H groups in total. The van der Waals surface area contributed by atoms with Crippen molar-refractivity contribution in [2.24, 2.45) is 35.5 Å². The second-order valence-electron chi connectivity index (χ2n) is 7.55. The first-order chi connectivity index (χ1) is 9.66. The molecule has 0 aromatic heterocycles. The maximum Gasteiger partial charge on any atom is 0.110 e. The van der Waals surface area contributed by atoms with E-state index in [-0.39, 0.29) is 11.7 Å². The van der Waals surface area contributed by atoms with Gasteiger partial charge in [0.05, 0.1) is 10.9 Å². The Morgan fingerprint density at radius 3 is 2.45 bits per heavy atom. The molecule has 6 rings (SSSR count). The molecule has 0 heterocycles. The highest BCUT2D eigenvalue weighted by Gasteiger charge is 2.84. The van der Waals surface area contributed by atoms with Crippen LogP contribution in [0.4, 0.5) is 0 Å². The number of halogens is 1. The van der Waals surface area contributed by atoms with E-state index in [2.05, 4.69) is 60.1 Å². The van der Waals surface area contributed by atoms with Crippen LogP contribution >= 0.6 is 15.9 Å². The Morgan fingerprint density at radius 2 is 1.85 bits per heavy atom. The maximum atomic E-state index is 6.68. The van der Waals surface area contributed by atoms with Crippen molar-refractivity contribution in [2.75, 3.05) is 0 Å². The normalized spacial score (nSPS) is 53.9. The zero-order valence-electron chi connectivity index (χ0n) is 12.0. The van der Waals surface area contributed by atoms with Crippen LogP contribution < -0.4 is 0 Å². The van der Waals surface area contributed by atoms with Crippen LogP contribution in [0.5, 0.6) is 0 Å². The zero-order chi connectivity index (χ0) is 13.6. The molecule has 5 fully saturated rings. The van der Waals surface area contributed by atoms with E-state index in [1.807, 2.05) is 0 Å². The lowest BCUT2D eigenvalue weighted by atomic mass is 9.77. The minimum atomic E-state index is -0.0722. The molecule has 5 aliphatic rings. The summed E-state index contributed by atoms with van der Waals surface area (Å²) >= 11 is 4.09. The molecule has 0 saturated heterocycles. The molecule has 6 bridgehead atoms. The molecular weight excluding hydrogens is 312 g/mol. The number of hydrogen-bond donors (Lipinski definition) is 0. The van der Waals surface area contributed by atoms with Gasteiger partial charge in [-0.05, 0) is 61.3 Å². The summed E-state index contributed by atoms with van der Waals surface area (Å²) in [6.07, 6.45) is 1.76. The fourth-order valence-electron chi connectivity index (χ4n) is 6.36. The van der Waals surface area contributed by atoms with Crippen molar-refractivity contribution in [3.05, 3.63) is 35.9 Å². The number of hydrogen-bond acceptors (Lipinski definition) is 1. The third-order valence-corrected chi connectivity index (χ3v) is 7.84. The first-order valence-electron chi connectivity index (χ1n) is 8.03. The van der Waals surface area contributed by atoms with Gasteiger partial charge in [-0.15, -0.1) is 0 Å². The molecule has 20 heavy (non-hydrogen) atoms. The zero-order valence-corrected chi connectivity index (χ0v) is 13.6. The Bertz CT molecular complexity index is 556. The molecule has 5 aliphatic carbocycles. The Hall–Kier alpha value is -0.340. The molecule has 106 valence electrons. The second kappa shape index (κ2) is 3.70. The van der Waals surface area contributed by atoms with Crippen molar-refractivity contribution >= 4 is 15.9 Å². The molecule has 0 aliphatic heterocycles. The Balaban J connectivity index is 1.67. The monoisotopic (exact) mass is 332 g/mol. The van der Waals surface area contributed by atoms with Gasteiger partial charge in [0.15, 0.2) is 0 Å². The van der Waals surface area contributed by atoms with Crippen molar-refractivity contribution in [1.29, 1.82) is 0 Å². The minimum Gasteiger partial charge on any atom is -0.366 e. The largest absolute Gasteiger partial charge is 0.366 e. The van der Waals surface area contributed by atoms with E-state index in [4.69, 9.17) is 4.74 Å². The highest BCUT2D eigenvalue weighted by atomic mass is 79.9. The van der Waals surface area contributed by atoms with E-state index in [9.17, 15) is 0 Å². The topological polar surface area (TPSA) is 9.23 Å². The predicted octanol–water partition coefficient (Wildman–Crippen LogP) is 4.21. The van der Waals surface area contributed by atoms with E-state index in [1.54, 1.807) is 0 Å². The number of benzene rings is 1. The lowest BCUT2D eigenvalue weighted by Crippen LogP contribution is -2.46. The summed E-state index contributed by atoms with van der Waals surface area (Å²) in [5.74, 6) is 5.58. The molecule has 1 aromatic carbocycles. The third-order valence-electron chi connectivity index (χ3n) is 6.55. The molecule has 0 radical (unpaired) electrons. The van der Waals surface area contributed by atoms with E-state index in [0.29, 0.717) is 4.83 Å². The lowest BCUT2D eigenvalue weighted by molar-refractivity contribution is -0.119. The van der Waals surface area contributed by atoms with E-state index in [1.165, 1.54) is 12.0 Å². The highest BCUT2D eigenvalue weighted by molar-refractivity contribution is 9.09. The SMILES string of the molecule is CC(C)OC1(c2ccccc2)C(Br)C2C3CC4C2C4C31. The van der Waals surface area contributed by atoms with Crippen LogP contribution in [0.1, 0.15) is 25.8 Å². The number of rotatable bonds is 3. The molecule has 1 aromatic rings. The van der Waals surface area contributed by atoms with Gasteiger partial charge in [0, 0.05) is 0 Å². The Kier molecular flexibility index (Phi) is 2.26. The summed E-state index contributed by atoms with van der Waals surface area (Å²) in [4.78, 5) is 0.503. The summed E-state index contributed by atoms with van der Waals surface area (Å²) in [6, 6.07) is 11.0. The summed E-state index contributed by atoms with van der Waals surface area (Å²) in [5, 5.41) is 0. The van der Waals surface area contributed by atoms with Crippen LogP contribution in [0.3, 0.4) is 0 Å². The molecule has 0 amide bonds. The van der Waals surface area contributed by atoms with Crippen molar-refractivity contribution in [2.45, 2.75) is 36.8 Å². The molecule has 1 nitrogen and oxygen atoms in total. The van der Waals surface area contributed by atoms with Crippen molar-refractivity contribution in [3.8, 4) is 0 Å². The molecule has 8 unspecified atom stereocenters. The van der Waals surface area contributed by atoms with E-state index >= 15 is 0 Å². The summed E-state index contributed by atoms with van der Waals surface area (Å²) < 4.78 is 6.68. The van der Waals surface area contributed by atoms with Gasteiger partial charge in [0.1, 0.15) is 5.60 Å². The summed E-state index contributed by atoms with van der Waals surface area (Å²) in [6.45, 7) is 4.37. The molecule has 8 atom stereocenters. The first kappa shape index (κ1) is 12.2. The lowest BCUT2D eigenvalue weighted by Gasteiger charge is -2.43. The summed E-state index contributed by atoms with van der Waals surface area (Å²) in [7, 11) is 0. The van der Waals surface area contributed by atoms with Gasteiger partial charge in [-0.25, -0.2) is 0 Å². The van der Waals surface area contributed by atoms with Gasteiger partial charge in [0.25, 0.3) is 0 Å². The maximum absolute atomic E-state index is 6.68. The molecule has 5 saturated carbocycles. The van der Waals surface area contributed by atoms with Crippen LogP contribution in [-0.4, -0.2) is 10.9 Å². The average Bonchev–Trinajstić information content (AvgIpc) is 2.81.